The van der Waals surface area contributed by atoms with Crippen LogP contribution in [0.1, 0.15) is 49.7 Å². The van der Waals surface area contributed by atoms with E-state index in [2.05, 4.69) is 0 Å². The Kier molecular flexibility index (Phi) is 6.06. The first-order valence-corrected chi connectivity index (χ1v) is 9.32. The van der Waals surface area contributed by atoms with Gasteiger partial charge < -0.3 is 9.64 Å². The number of hydrogen-bond donors (Lipinski definition) is 0. The van der Waals surface area contributed by atoms with Crippen molar-refractivity contribution < 1.29 is 14.3 Å². The minimum absolute atomic E-state index is 0.0817. The largest absolute Gasteiger partial charge is 0.452 e. The quantitative estimate of drug-likeness (QED) is 0.616. The molecule has 5 heteroatoms. The average Bonchev–Trinajstić information content (AvgIpc) is 2.70. The lowest BCUT2D eigenvalue weighted by atomic mass is 9.78. The number of ether oxygens (including phenoxy) is 1. The molecule has 1 aromatic rings. The van der Waals surface area contributed by atoms with Gasteiger partial charge in [0, 0.05) is 18.7 Å². The van der Waals surface area contributed by atoms with E-state index in [0.29, 0.717) is 17.5 Å². The van der Waals surface area contributed by atoms with Gasteiger partial charge in [-0.05, 0) is 55.4 Å². The molecule has 26 heavy (non-hydrogen) atoms. The van der Waals surface area contributed by atoms with Crippen LogP contribution in [-0.4, -0.2) is 36.0 Å². The Morgan fingerprint density at radius 1 is 1.15 bits per heavy atom. The molecule has 1 heterocycles. The highest BCUT2D eigenvalue weighted by molar-refractivity contribution is 5.89. The van der Waals surface area contributed by atoms with E-state index in [9.17, 15) is 9.59 Å². The molecule has 0 N–H and O–H groups in total. The first-order chi connectivity index (χ1) is 12.7. The molecule has 3 rings (SSSR count). The average molecular weight is 352 g/mol. The van der Waals surface area contributed by atoms with Crippen molar-refractivity contribution in [3.8, 4) is 6.07 Å². The van der Waals surface area contributed by atoms with Crippen LogP contribution in [0.25, 0.3) is 6.08 Å². The van der Waals surface area contributed by atoms with Crippen LogP contribution in [0.2, 0.25) is 0 Å². The number of benzene rings is 1. The lowest BCUT2D eigenvalue weighted by Gasteiger charge is -2.44. The highest BCUT2D eigenvalue weighted by Crippen LogP contribution is 2.35. The van der Waals surface area contributed by atoms with Crippen molar-refractivity contribution in [2.45, 2.75) is 44.6 Å². The third-order valence-electron chi connectivity index (χ3n) is 5.35. The summed E-state index contributed by atoms with van der Waals surface area (Å²) in [5.74, 6) is 0.00932. The third-order valence-corrected chi connectivity index (χ3v) is 5.35. The van der Waals surface area contributed by atoms with Gasteiger partial charge in [-0.1, -0.05) is 25.0 Å². The van der Waals surface area contributed by atoms with E-state index in [-0.39, 0.29) is 12.5 Å². The summed E-state index contributed by atoms with van der Waals surface area (Å²) in [6.45, 7) is 0.582. The number of carbonyl (C=O) groups excluding carboxylic acids is 2. The van der Waals surface area contributed by atoms with Crippen molar-refractivity contribution in [2.24, 2.45) is 5.92 Å². The first-order valence-electron chi connectivity index (χ1n) is 9.32. The van der Waals surface area contributed by atoms with E-state index in [4.69, 9.17) is 10.00 Å². The van der Waals surface area contributed by atoms with Crippen LogP contribution in [0.5, 0.6) is 0 Å². The molecule has 1 saturated heterocycles. The minimum atomic E-state index is -0.528. The molecule has 1 aliphatic heterocycles. The minimum Gasteiger partial charge on any atom is -0.452 e. The molecule has 0 unspecified atom stereocenters. The van der Waals surface area contributed by atoms with Gasteiger partial charge in [-0.25, -0.2) is 4.79 Å². The van der Waals surface area contributed by atoms with Crippen molar-refractivity contribution in [3.63, 3.8) is 0 Å². The van der Waals surface area contributed by atoms with Crippen molar-refractivity contribution in [2.75, 3.05) is 13.2 Å². The van der Waals surface area contributed by atoms with Gasteiger partial charge in [-0.15, -0.1) is 0 Å². The highest BCUT2D eigenvalue weighted by Gasteiger charge is 2.35. The van der Waals surface area contributed by atoms with E-state index in [1.165, 1.54) is 31.8 Å². The van der Waals surface area contributed by atoms with E-state index in [1.54, 1.807) is 30.3 Å². The molecule has 5 nitrogen and oxygen atoms in total. The lowest BCUT2D eigenvalue weighted by Crippen LogP contribution is -2.50. The highest BCUT2D eigenvalue weighted by atomic mass is 16.5. The van der Waals surface area contributed by atoms with Crippen LogP contribution in [-0.2, 0) is 14.3 Å². The molecule has 2 atom stereocenters. The van der Waals surface area contributed by atoms with Gasteiger partial charge in [0.15, 0.2) is 6.61 Å². The number of nitriles is 1. The summed E-state index contributed by atoms with van der Waals surface area (Å²) in [5.41, 5.74) is 1.37. The smallest absolute Gasteiger partial charge is 0.331 e. The summed E-state index contributed by atoms with van der Waals surface area (Å²) < 4.78 is 5.13. The number of likely N-dealkylation sites (tertiary alicyclic amines) is 1. The maximum absolute atomic E-state index is 12.5. The summed E-state index contributed by atoms with van der Waals surface area (Å²) in [4.78, 5) is 26.3. The zero-order valence-corrected chi connectivity index (χ0v) is 14.9. The Balaban J connectivity index is 1.49. The predicted octanol–water partition coefficient (Wildman–Crippen LogP) is 3.30. The molecule has 1 amide bonds. The van der Waals surface area contributed by atoms with E-state index in [1.807, 2.05) is 11.0 Å². The Hall–Kier alpha value is -2.61. The van der Waals surface area contributed by atoms with Gasteiger partial charge in [0.05, 0.1) is 11.6 Å². The maximum Gasteiger partial charge on any atom is 0.331 e. The Morgan fingerprint density at radius 3 is 2.65 bits per heavy atom. The van der Waals surface area contributed by atoms with E-state index < -0.39 is 5.97 Å². The van der Waals surface area contributed by atoms with Gasteiger partial charge in [0.2, 0.25) is 0 Å². The van der Waals surface area contributed by atoms with E-state index in [0.717, 1.165) is 24.9 Å². The number of amides is 1. The Bertz CT molecular complexity index is 716. The number of carbonyl (C=O) groups is 2. The standard InChI is InChI=1S/C21H24N2O3/c22-14-17-9-7-16(8-10-17)11-12-21(25)26-15-20(24)23-13-3-5-18-4-1-2-6-19(18)23/h7-12,18-19H,1-6,13,15H2/b12-11+/t18-,19-/m1/s1. The zero-order valence-electron chi connectivity index (χ0n) is 14.9. The van der Waals surface area contributed by atoms with Crippen molar-refractivity contribution in [1.82, 2.24) is 4.90 Å². The van der Waals surface area contributed by atoms with Gasteiger partial charge in [-0.2, -0.15) is 5.26 Å². The molecule has 136 valence electrons. The van der Waals surface area contributed by atoms with Gasteiger partial charge in [-0.3, -0.25) is 4.79 Å². The molecule has 0 bridgehead atoms. The number of hydrogen-bond acceptors (Lipinski definition) is 4. The van der Waals surface area contributed by atoms with Gasteiger partial charge in [0.25, 0.3) is 5.91 Å². The fourth-order valence-corrected chi connectivity index (χ4v) is 4.03. The maximum atomic E-state index is 12.5. The number of piperidine rings is 1. The first kappa shape index (κ1) is 18.2. The molecule has 1 aromatic carbocycles. The summed E-state index contributed by atoms with van der Waals surface area (Å²) in [6, 6.07) is 9.26. The Labute approximate surface area is 154 Å². The molecule has 2 aliphatic rings. The van der Waals surface area contributed by atoms with Crippen LogP contribution < -0.4 is 0 Å². The summed E-state index contributed by atoms with van der Waals surface area (Å²) in [5, 5.41) is 8.77. The molecule has 2 fully saturated rings. The number of esters is 1. The second-order valence-corrected chi connectivity index (χ2v) is 7.02. The molecular weight excluding hydrogens is 328 g/mol. The van der Waals surface area contributed by atoms with Gasteiger partial charge >= 0.3 is 5.97 Å². The fraction of sp³-hybridized carbons (Fsp3) is 0.476. The van der Waals surface area contributed by atoms with Crippen molar-refractivity contribution in [1.29, 1.82) is 5.26 Å². The van der Waals surface area contributed by atoms with Crippen LogP contribution in [0.15, 0.2) is 30.3 Å². The normalized spacial score (nSPS) is 22.5. The van der Waals surface area contributed by atoms with Crippen LogP contribution in [0.3, 0.4) is 0 Å². The number of rotatable bonds is 4. The molecule has 1 aliphatic carbocycles. The SMILES string of the molecule is N#Cc1ccc(/C=C/C(=O)OCC(=O)N2CCC[C@H]3CCCC[C@H]32)cc1. The van der Waals surface area contributed by atoms with Crippen LogP contribution >= 0.6 is 0 Å². The monoisotopic (exact) mass is 352 g/mol. The molecule has 0 radical (unpaired) electrons. The van der Waals surface area contributed by atoms with Crippen LogP contribution in [0, 0.1) is 17.2 Å². The molecule has 0 aromatic heterocycles. The van der Waals surface area contributed by atoms with Crippen molar-refractivity contribution in [3.05, 3.63) is 41.5 Å². The summed E-state index contributed by atoms with van der Waals surface area (Å²) in [7, 11) is 0. The lowest BCUT2D eigenvalue weighted by molar-refractivity contribution is -0.151. The third kappa shape index (κ3) is 4.51. The second kappa shape index (κ2) is 8.66. The second-order valence-electron chi connectivity index (χ2n) is 7.02. The fourth-order valence-electron chi connectivity index (χ4n) is 4.03. The topological polar surface area (TPSA) is 70.4 Å². The predicted molar refractivity (Wildman–Crippen MR) is 97.8 cm³/mol. The molecule has 1 saturated carbocycles. The summed E-state index contributed by atoms with van der Waals surface area (Å²) in [6.07, 6.45) is 9.90. The summed E-state index contributed by atoms with van der Waals surface area (Å²) >= 11 is 0. The number of nitrogens with zero attached hydrogens (tertiary/aromatic N) is 2. The molecular formula is C21H24N2O3. The molecule has 0 spiro atoms. The van der Waals surface area contributed by atoms with Crippen LogP contribution in [0.4, 0.5) is 0 Å². The number of fused-ring (bicyclic) bond motifs is 1. The van der Waals surface area contributed by atoms with Gasteiger partial charge in [0.1, 0.15) is 0 Å². The Morgan fingerprint density at radius 2 is 1.88 bits per heavy atom. The zero-order chi connectivity index (χ0) is 18.4. The van der Waals surface area contributed by atoms with E-state index >= 15 is 0 Å². The van der Waals surface area contributed by atoms with Crippen molar-refractivity contribution >= 4 is 18.0 Å².